The molecule has 0 aliphatic heterocycles. The zero-order valence-corrected chi connectivity index (χ0v) is 8.63. The minimum atomic E-state index is -0.108. The van der Waals surface area contributed by atoms with Gasteiger partial charge >= 0.3 is 0 Å². The summed E-state index contributed by atoms with van der Waals surface area (Å²) >= 11 is 4.19. The van der Waals surface area contributed by atoms with E-state index in [9.17, 15) is 5.11 Å². The number of aliphatic hydroxyl groups is 1. The van der Waals surface area contributed by atoms with Gasteiger partial charge in [-0.3, -0.25) is 0 Å². The van der Waals surface area contributed by atoms with Gasteiger partial charge in [-0.05, 0) is 19.9 Å². The molecule has 2 unspecified atom stereocenters. The molecule has 0 amide bonds. The Morgan fingerprint density at radius 2 is 2.08 bits per heavy atom. The molecule has 1 rings (SSSR count). The fourth-order valence-corrected chi connectivity index (χ4v) is 2.24. The van der Waals surface area contributed by atoms with Crippen LogP contribution >= 0.6 is 12.6 Å². The summed E-state index contributed by atoms with van der Waals surface area (Å²) in [5.41, 5.74) is 0. The fraction of sp³-hybridized carbons (Fsp3) is 1.00. The minimum absolute atomic E-state index is 0.108. The molecule has 1 saturated carbocycles. The molecule has 0 saturated heterocycles. The third kappa shape index (κ3) is 2.64. The van der Waals surface area contributed by atoms with Gasteiger partial charge in [-0.2, -0.15) is 12.6 Å². The Bertz CT molecular complexity index is 132. The normalized spacial score (nSPS) is 31.0. The lowest BCUT2D eigenvalue weighted by molar-refractivity contribution is 0.0351. The van der Waals surface area contributed by atoms with E-state index in [0.717, 1.165) is 25.1 Å². The van der Waals surface area contributed by atoms with Gasteiger partial charge in [0.2, 0.25) is 0 Å². The zero-order valence-electron chi connectivity index (χ0n) is 7.74. The van der Waals surface area contributed by atoms with Gasteiger partial charge in [-0.1, -0.05) is 12.8 Å². The van der Waals surface area contributed by atoms with Gasteiger partial charge in [-0.25, -0.2) is 0 Å². The standard InChI is InChI=1S/C9H19NOS/c1-10(6-7-12)8-4-2-3-5-9(8)11/h8-9,11-12H,2-7H2,1H3. The summed E-state index contributed by atoms with van der Waals surface area (Å²) in [5, 5.41) is 9.70. The third-order valence-corrected chi connectivity index (χ3v) is 2.91. The van der Waals surface area contributed by atoms with Crippen LogP contribution in [0.25, 0.3) is 0 Å². The monoisotopic (exact) mass is 189 g/mol. The van der Waals surface area contributed by atoms with Crippen molar-refractivity contribution in [2.75, 3.05) is 19.3 Å². The Labute approximate surface area is 80.4 Å². The maximum absolute atomic E-state index is 9.70. The average molecular weight is 189 g/mol. The van der Waals surface area contributed by atoms with Crippen molar-refractivity contribution in [1.29, 1.82) is 0 Å². The minimum Gasteiger partial charge on any atom is -0.391 e. The van der Waals surface area contributed by atoms with E-state index in [1.807, 2.05) is 0 Å². The highest BCUT2D eigenvalue weighted by molar-refractivity contribution is 7.80. The highest BCUT2D eigenvalue weighted by atomic mass is 32.1. The number of hydrogen-bond donors (Lipinski definition) is 2. The molecule has 0 aromatic carbocycles. The average Bonchev–Trinajstić information content (AvgIpc) is 2.05. The van der Waals surface area contributed by atoms with Crippen LogP contribution in [0.5, 0.6) is 0 Å². The quantitative estimate of drug-likeness (QED) is 0.651. The van der Waals surface area contributed by atoms with E-state index in [4.69, 9.17) is 0 Å². The SMILES string of the molecule is CN(CCS)C1CCCCC1O. The first kappa shape index (κ1) is 10.4. The van der Waals surface area contributed by atoms with Crippen LogP contribution in [0.1, 0.15) is 25.7 Å². The van der Waals surface area contributed by atoms with E-state index >= 15 is 0 Å². The predicted octanol–water partition coefficient (Wildman–Crippen LogP) is 1.15. The molecule has 3 heteroatoms. The smallest absolute Gasteiger partial charge is 0.0695 e. The van der Waals surface area contributed by atoms with Crippen LogP contribution < -0.4 is 0 Å². The van der Waals surface area contributed by atoms with E-state index in [2.05, 4.69) is 24.6 Å². The number of aliphatic hydroxyl groups excluding tert-OH is 1. The molecule has 0 aromatic rings. The lowest BCUT2D eigenvalue weighted by Gasteiger charge is -2.34. The van der Waals surface area contributed by atoms with Gasteiger partial charge in [-0.15, -0.1) is 0 Å². The van der Waals surface area contributed by atoms with Crippen LogP contribution in [-0.2, 0) is 0 Å². The van der Waals surface area contributed by atoms with Crippen molar-refractivity contribution in [3.05, 3.63) is 0 Å². The van der Waals surface area contributed by atoms with E-state index in [-0.39, 0.29) is 6.10 Å². The van der Waals surface area contributed by atoms with Crippen molar-refractivity contribution < 1.29 is 5.11 Å². The number of hydrogen-bond acceptors (Lipinski definition) is 3. The van der Waals surface area contributed by atoms with Crippen molar-refractivity contribution >= 4 is 12.6 Å². The molecule has 12 heavy (non-hydrogen) atoms. The Hall–Kier alpha value is 0.270. The Morgan fingerprint density at radius 1 is 1.42 bits per heavy atom. The summed E-state index contributed by atoms with van der Waals surface area (Å²) in [7, 11) is 2.08. The van der Waals surface area contributed by atoms with Crippen LogP contribution in [0, 0.1) is 0 Å². The molecule has 0 radical (unpaired) electrons. The Balaban J connectivity index is 2.36. The summed E-state index contributed by atoms with van der Waals surface area (Å²) in [6, 6.07) is 0.380. The first-order valence-corrected chi connectivity index (χ1v) is 5.38. The fourth-order valence-electron chi connectivity index (χ4n) is 1.93. The van der Waals surface area contributed by atoms with Gasteiger partial charge in [0.05, 0.1) is 6.10 Å². The van der Waals surface area contributed by atoms with Crippen molar-refractivity contribution in [3.8, 4) is 0 Å². The highest BCUT2D eigenvalue weighted by Gasteiger charge is 2.25. The molecule has 2 atom stereocenters. The molecule has 0 spiro atoms. The lowest BCUT2D eigenvalue weighted by atomic mass is 9.92. The second-order valence-electron chi connectivity index (χ2n) is 3.62. The maximum atomic E-state index is 9.70. The summed E-state index contributed by atoms with van der Waals surface area (Å²) < 4.78 is 0. The number of likely N-dealkylation sites (N-methyl/N-ethyl adjacent to an activating group) is 1. The molecule has 1 aliphatic carbocycles. The summed E-state index contributed by atoms with van der Waals surface area (Å²) in [4.78, 5) is 2.23. The first-order chi connectivity index (χ1) is 5.75. The molecule has 2 nitrogen and oxygen atoms in total. The topological polar surface area (TPSA) is 23.5 Å². The highest BCUT2D eigenvalue weighted by Crippen LogP contribution is 2.21. The lowest BCUT2D eigenvalue weighted by Crippen LogP contribution is -2.44. The van der Waals surface area contributed by atoms with E-state index in [1.54, 1.807) is 0 Å². The molecule has 0 bridgehead atoms. The maximum Gasteiger partial charge on any atom is 0.0695 e. The van der Waals surface area contributed by atoms with Crippen molar-refractivity contribution in [1.82, 2.24) is 4.90 Å². The van der Waals surface area contributed by atoms with Gasteiger partial charge in [0.25, 0.3) is 0 Å². The van der Waals surface area contributed by atoms with Gasteiger partial charge < -0.3 is 10.0 Å². The van der Waals surface area contributed by atoms with E-state index in [1.165, 1.54) is 12.8 Å². The summed E-state index contributed by atoms with van der Waals surface area (Å²) in [6.45, 7) is 0.977. The van der Waals surface area contributed by atoms with Crippen LogP contribution in [0.4, 0.5) is 0 Å². The van der Waals surface area contributed by atoms with Crippen LogP contribution in [-0.4, -0.2) is 41.5 Å². The number of nitrogens with zero attached hydrogens (tertiary/aromatic N) is 1. The number of thiol groups is 1. The molecular formula is C9H19NOS. The zero-order chi connectivity index (χ0) is 8.97. The van der Waals surface area contributed by atoms with Crippen molar-refractivity contribution in [2.24, 2.45) is 0 Å². The van der Waals surface area contributed by atoms with Crippen LogP contribution in [0.15, 0.2) is 0 Å². The second kappa shape index (κ2) is 5.10. The molecule has 0 aromatic heterocycles. The molecule has 1 aliphatic rings. The third-order valence-electron chi connectivity index (χ3n) is 2.71. The predicted molar refractivity (Wildman–Crippen MR) is 54.7 cm³/mol. The first-order valence-electron chi connectivity index (χ1n) is 4.75. The van der Waals surface area contributed by atoms with Crippen LogP contribution in [0.2, 0.25) is 0 Å². The Kier molecular flexibility index (Phi) is 4.40. The second-order valence-corrected chi connectivity index (χ2v) is 4.07. The largest absolute Gasteiger partial charge is 0.391 e. The van der Waals surface area contributed by atoms with E-state index < -0.39 is 0 Å². The molecule has 1 N–H and O–H groups in total. The summed E-state index contributed by atoms with van der Waals surface area (Å²) in [6.07, 6.45) is 4.46. The Morgan fingerprint density at radius 3 is 2.67 bits per heavy atom. The van der Waals surface area contributed by atoms with E-state index in [0.29, 0.717) is 6.04 Å². The van der Waals surface area contributed by atoms with Gasteiger partial charge in [0.1, 0.15) is 0 Å². The van der Waals surface area contributed by atoms with Gasteiger partial charge in [0.15, 0.2) is 0 Å². The summed E-state index contributed by atoms with van der Waals surface area (Å²) in [5.74, 6) is 0.875. The van der Waals surface area contributed by atoms with Crippen molar-refractivity contribution in [3.63, 3.8) is 0 Å². The molecule has 72 valence electrons. The van der Waals surface area contributed by atoms with Crippen LogP contribution in [0.3, 0.4) is 0 Å². The molecule has 1 fully saturated rings. The molecular weight excluding hydrogens is 170 g/mol. The van der Waals surface area contributed by atoms with Crippen molar-refractivity contribution in [2.45, 2.75) is 37.8 Å². The molecule has 0 heterocycles. The number of rotatable bonds is 3. The van der Waals surface area contributed by atoms with Gasteiger partial charge in [0, 0.05) is 18.3 Å².